The fourth-order valence-corrected chi connectivity index (χ4v) is 1.28. The number of hydrogen-bond acceptors (Lipinski definition) is 2. The van der Waals surface area contributed by atoms with Crippen molar-refractivity contribution in [2.24, 2.45) is 5.92 Å². The lowest BCUT2D eigenvalue weighted by molar-refractivity contribution is -0.142. The normalized spacial score (nSPS) is 17.9. The van der Waals surface area contributed by atoms with Crippen LogP contribution in [-0.4, -0.2) is 23.0 Å². The number of carboxylic acid groups (broad SMARTS) is 1. The minimum Gasteiger partial charge on any atom is -0.480 e. The largest absolute Gasteiger partial charge is 0.480 e. The molecule has 0 bridgehead atoms. The van der Waals surface area contributed by atoms with Gasteiger partial charge in [-0.1, -0.05) is 6.92 Å². The molecule has 0 aromatic heterocycles. The highest BCUT2D eigenvalue weighted by atomic mass is 16.4. The molecule has 1 aliphatic rings. The van der Waals surface area contributed by atoms with Gasteiger partial charge in [0.1, 0.15) is 6.04 Å². The molecule has 0 radical (unpaired) electrons. The minimum absolute atomic E-state index is 0.151. The van der Waals surface area contributed by atoms with Crippen LogP contribution in [0.4, 0.5) is 0 Å². The van der Waals surface area contributed by atoms with Crippen molar-refractivity contribution >= 4 is 11.9 Å². The molecule has 1 unspecified atom stereocenters. The summed E-state index contributed by atoms with van der Waals surface area (Å²) in [5.41, 5.74) is 0. The van der Waals surface area contributed by atoms with Crippen molar-refractivity contribution in [3.8, 4) is 0 Å². The van der Waals surface area contributed by atoms with Gasteiger partial charge < -0.3 is 10.4 Å². The van der Waals surface area contributed by atoms with Crippen LogP contribution in [0.1, 0.15) is 32.6 Å². The van der Waals surface area contributed by atoms with Gasteiger partial charge in [-0.25, -0.2) is 4.79 Å². The lowest BCUT2D eigenvalue weighted by Crippen LogP contribution is -2.42. The Morgan fingerprint density at radius 1 is 1.54 bits per heavy atom. The number of nitrogens with one attached hydrogen (secondary N) is 1. The van der Waals surface area contributed by atoms with Crippen LogP contribution in [0.5, 0.6) is 0 Å². The minimum atomic E-state index is -0.910. The van der Waals surface area contributed by atoms with Crippen molar-refractivity contribution in [3.63, 3.8) is 0 Å². The summed E-state index contributed by atoms with van der Waals surface area (Å²) in [5, 5.41) is 11.3. The summed E-state index contributed by atoms with van der Waals surface area (Å²) in [4.78, 5) is 21.8. The van der Waals surface area contributed by atoms with Gasteiger partial charge in [0.15, 0.2) is 0 Å². The summed E-state index contributed by atoms with van der Waals surface area (Å²) in [7, 11) is 0. The molecule has 0 aromatic carbocycles. The van der Waals surface area contributed by atoms with Crippen LogP contribution in [0.15, 0.2) is 0 Å². The molecule has 2 N–H and O–H groups in total. The average molecular weight is 185 g/mol. The van der Waals surface area contributed by atoms with Gasteiger partial charge in [0.25, 0.3) is 0 Å². The lowest BCUT2D eigenvalue weighted by Gasteiger charge is -2.12. The maximum absolute atomic E-state index is 11.1. The van der Waals surface area contributed by atoms with E-state index in [1.807, 2.05) is 6.92 Å². The molecule has 0 saturated heterocycles. The zero-order valence-corrected chi connectivity index (χ0v) is 7.75. The van der Waals surface area contributed by atoms with Crippen molar-refractivity contribution in [1.29, 1.82) is 0 Å². The fraction of sp³-hybridized carbons (Fsp3) is 0.778. The summed E-state index contributed by atoms with van der Waals surface area (Å²) < 4.78 is 0. The third-order valence-corrected chi connectivity index (χ3v) is 2.15. The first-order chi connectivity index (χ1) is 6.15. The number of rotatable bonds is 5. The Labute approximate surface area is 77.3 Å². The number of aliphatic carboxylic acids is 1. The van der Waals surface area contributed by atoms with E-state index >= 15 is 0 Å². The van der Waals surface area contributed by atoms with Crippen molar-refractivity contribution in [2.75, 3.05) is 0 Å². The molecule has 1 fully saturated rings. The molecule has 1 rings (SSSR count). The van der Waals surface area contributed by atoms with Crippen molar-refractivity contribution in [1.82, 2.24) is 5.32 Å². The number of amides is 1. The molecule has 0 aromatic rings. The highest BCUT2D eigenvalue weighted by Gasteiger charge is 2.36. The van der Waals surface area contributed by atoms with Gasteiger partial charge in [-0.3, -0.25) is 4.79 Å². The van der Waals surface area contributed by atoms with Crippen LogP contribution in [0.3, 0.4) is 0 Å². The first-order valence-corrected chi connectivity index (χ1v) is 4.67. The van der Waals surface area contributed by atoms with E-state index in [0.29, 0.717) is 6.42 Å². The number of carbonyl (C=O) groups excluding carboxylic acids is 1. The van der Waals surface area contributed by atoms with Gasteiger partial charge in [-0.05, 0) is 25.2 Å². The van der Waals surface area contributed by atoms with E-state index in [2.05, 4.69) is 5.32 Å². The zero-order valence-electron chi connectivity index (χ0n) is 7.75. The van der Waals surface area contributed by atoms with Crippen LogP contribution in [0, 0.1) is 5.92 Å². The molecule has 0 spiro atoms. The zero-order chi connectivity index (χ0) is 9.84. The molecule has 0 aliphatic heterocycles. The Hall–Kier alpha value is -1.06. The Morgan fingerprint density at radius 2 is 2.15 bits per heavy atom. The summed E-state index contributed by atoms with van der Waals surface area (Å²) in [6, 6.07) is -0.654. The fourth-order valence-electron chi connectivity index (χ4n) is 1.28. The number of carboxylic acids is 1. The van der Waals surface area contributed by atoms with Gasteiger partial charge in [-0.2, -0.15) is 0 Å². The van der Waals surface area contributed by atoms with E-state index in [4.69, 9.17) is 5.11 Å². The van der Waals surface area contributed by atoms with E-state index in [0.717, 1.165) is 19.3 Å². The molecule has 4 heteroatoms. The first kappa shape index (κ1) is 10.0. The van der Waals surface area contributed by atoms with E-state index in [1.54, 1.807) is 0 Å². The van der Waals surface area contributed by atoms with Crippen LogP contribution in [-0.2, 0) is 9.59 Å². The quantitative estimate of drug-likeness (QED) is 0.664. The monoisotopic (exact) mass is 185 g/mol. The smallest absolute Gasteiger partial charge is 0.326 e. The van der Waals surface area contributed by atoms with Crippen LogP contribution in [0.2, 0.25) is 0 Å². The van der Waals surface area contributed by atoms with Crippen LogP contribution >= 0.6 is 0 Å². The van der Waals surface area contributed by atoms with Crippen LogP contribution in [0.25, 0.3) is 0 Å². The number of hydrogen-bond donors (Lipinski definition) is 2. The van der Waals surface area contributed by atoms with Gasteiger partial charge in [0.05, 0.1) is 0 Å². The molecule has 0 heterocycles. The third-order valence-electron chi connectivity index (χ3n) is 2.15. The Kier molecular flexibility index (Phi) is 3.28. The van der Waals surface area contributed by atoms with Gasteiger partial charge in [0.2, 0.25) is 5.91 Å². The summed E-state index contributed by atoms with van der Waals surface area (Å²) in [6.45, 7) is 1.90. The predicted molar refractivity (Wildman–Crippen MR) is 47.2 cm³/mol. The van der Waals surface area contributed by atoms with E-state index < -0.39 is 12.0 Å². The lowest BCUT2D eigenvalue weighted by atomic mass is 10.2. The van der Waals surface area contributed by atoms with Gasteiger partial charge in [-0.15, -0.1) is 0 Å². The number of carbonyl (C=O) groups is 2. The Morgan fingerprint density at radius 3 is 2.54 bits per heavy atom. The summed E-state index contributed by atoms with van der Waals surface area (Å²) in [6.07, 6.45) is 3.01. The van der Waals surface area contributed by atoms with Gasteiger partial charge in [0, 0.05) is 6.42 Å². The second-order valence-corrected chi connectivity index (χ2v) is 3.47. The summed E-state index contributed by atoms with van der Waals surface area (Å²) >= 11 is 0. The second-order valence-electron chi connectivity index (χ2n) is 3.47. The molecular weight excluding hydrogens is 170 g/mol. The second kappa shape index (κ2) is 4.25. The Bertz CT molecular complexity index is 211. The SMILES string of the molecule is CCCC(=O)NC(C(=O)O)C1CC1. The predicted octanol–water partition coefficient (Wildman–Crippen LogP) is 0.766. The van der Waals surface area contributed by atoms with E-state index in [-0.39, 0.29) is 11.8 Å². The highest BCUT2D eigenvalue weighted by molar-refractivity contribution is 5.83. The van der Waals surface area contributed by atoms with Crippen molar-refractivity contribution in [2.45, 2.75) is 38.6 Å². The van der Waals surface area contributed by atoms with Crippen molar-refractivity contribution < 1.29 is 14.7 Å². The highest BCUT2D eigenvalue weighted by Crippen LogP contribution is 2.32. The Balaban J connectivity index is 2.37. The van der Waals surface area contributed by atoms with Gasteiger partial charge >= 0.3 is 5.97 Å². The van der Waals surface area contributed by atoms with Crippen molar-refractivity contribution in [3.05, 3.63) is 0 Å². The maximum atomic E-state index is 11.1. The summed E-state index contributed by atoms with van der Waals surface area (Å²) in [5.74, 6) is -0.896. The molecule has 1 amide bonds. The van der Waals surface area contributed by atoms with Crippen LogP contribution < -0.4 is 5.32 Å². The average Bonchev–Trinajstić information content (AvgIpc) is 2.82. The molecule has 1 aliphatic carbocycles. The van der Waals surface area contributed by atoms with E-state index in [9.17, 15) is 9.59 Å². The maximum Gasteiger partial charge on any atom is 0.326 e. The molecule has 1 atom stereocenters. The molecular formula is C9H15NO3. The molecule has 13 heavy (non-hydrogen) atoms. The first-order valence-electron chi connectivity index (χ1n) is 4.67. The molecule has 74 valence electrons. The topological polar surface area (TPSA) is 66.4 Å². The van der Waals surface area contributed by atoms with E-state index in [1.165, 1.54) is 0 Å². The third kappa shape index (κ3) is 3.05. The standard InChI is InChI=1S/C9H15NO3/c1-2-3-7(11)10-8(9(12)13)6-4-5-6/h6,8H,2-5H2,1H3,(H,10,11)(H,12,13). The molecule has 4 nitrogen and oxygen atoms in total. The molecule has 1 saturated carbocycles.